The van der Waals surface area contributed by atoms with Gasteiger partial charge in [-0.05, 0) is 30.5 Å². The summed E-state index contributed by atoms with van der Waals surface area (Å²) in [4.78, 5) is 13.6. The van der Waals surface area contributed by atoms with E-state index in [2.05, 4.69) is 11.9 Å². The number of nitrogen functional groups attached to an aromatic ring is 1. The number of rotatable bonds is 3. The van der Waals surface area contributed by atoms with E-state index >= 15 is 0 Å². The number of hydrogen-bond acceptors (Lipinski definition) is 3. The maximum absolute atomic E-state index is 11.0. The number of unbranched alkanes of at least 4 members (excludes halogenated alkanes) is 1. The zero-order valence-corrected chi connectivity index (χ0v) is 8.67. The van der Waals surface area contributed by atoms with E-state index in [0.717, 1.165) is 24.8 Å². The standard InChI is InChI=1S/C11H14N2O2/c1-2-3-4-7-5-8(12)10-9(6-7)13-11(14)15-10/h5-6H,2-4,12H2,1H3,(H,13,14). The van der Waals surface area contributed by atoms with Crippen molar-refractivity contribution in [3.63, 3.8) is 0 Å². The normalized spacial score (nSPS) is 11.0. The van der Waals surface area contributed by atoms with Crippen LogP contribution in [-0.2, 0) is 6.42 Å². The number of anilines is 1. The van der Waals surface area contributed by atoms with Gasteiger partial charge < -0.3 is 10.2 Å². The van der Waals surface area contributed by atoms with E-state index in [1.165, 1.54) is 0 Å². The molecule has 0 radical (unpaired) electrons. The van der Waals surface area contributed by atoms with Gasteiger partial charge in [-0.1, -0.05) is 13.3 Å². The molecule has 0 unspecified atom stereocenters. The van der Waals surface area contributed by atoms with Crippen molar-refractivity contribution < 1.29 is 4.42 Å². The highest BCUT2D eigenvalue weighted by Gasteiger charge is 2.06. The van der Waals surface area contributed by atoms with Gasteiger partial charge in [0.15, 0.2) is 5.58 Å². The minimum atomic E-state index is -0.454. The smallest absolute Gasteiger partial charge is 0.406 e. The molecule has 0 bridgehead atoms. The van der Waals surface area contributed by atoms with Crippen LogP contribution in [0.4, 0.5) is 5.69 Å². The molecule has 2 aromatic rings. The zero-order valence-electron chi connectivity index (χ0n) is 8.67. The number of nitrogens with one attached hydrogen (secondary N) is 1. The zero-order chi connectivity index (χ0) is 10.8. The van der Waals surface area contributed by atoms with Gasteiger partial charge in [0.05, 0.1) is 11.2 Å². The number of fused-ring (bicyclic) bond motifs is 1. The predicted octanol–water partition coefficient (Wildman–Crippen LogP) is 2.05. The van der Waals surface area contributed by atoms with Gasteiger partial charge in [0.2, 0.25) is 0 Å². The molecule has 3 N–H and O–H groups in total. The Balaban J connectivity index is 2.47. The van der Waals surface area contributed by atoms with Crippen molar-refractivity contribution in [1.82, 2.24) is 4.98 Å². The number of benzene rings is 1. The molecule has 1 aromatic heterocycles. The molecular weight excluding hydrogens is 192 g/mol. The number of aromatic nitrogens is 1. The Morgan fingerprint density at radius 1 is 1.47 bits per heavy atom. The molecule has 0 spiro atoms. The van der Waals surface area contributed by atoms with Crippen molar-refractivity contribution in [3.8, 4) is 0 Å². The molecule has 0 fully saturated rings. The number of hydrogen-bond donors (Lipinski definition) is 2. The summed E-state index contributed by atoms with van der Waals surface area (Å²) in [6, 6.07) is 3.79. The molecule has 15 heavy (non-hydrogen) atoms. The van der Waals surface area contributed by atoms with Crippen LogP contribution in [0.2, 0.25) is 0 Å². The number of oxazole rings is 1. The third-order valence-electron chi connectivity index (χ3n) is 2.43. The van der Waals surface area contributed by atoms with Crippen LogP contribution < -0.4 is 11.5 Å². The second-order valence-electron chi connectivity index (χ2n) is 3.68. The van der Waals surface area contributed by atoms with Crippen LogP contribution in [0, 0.1) is 0 Å². The summed E-state index contributed by atoms with van der Waals surface area (Å²) in [7, 11) is 0. The second kappa shape index (κ2) is 3.81. The van der Waals surface area contributed by atoms with E-state index in [-0.39, 0.29) is 0 Å². The highest BCUT2D eigenvalue weighted by atomic mass is 16.4. The van der Waals surface area contributed by atoms with Crippen LogP contribution in [0.5, 0.6) is 0 Å². The van der Waals surface area contributed by atoms with Crippen LogP contribution in [0.3, 0.4) is 0 Å². The molecule has 80 valence electrons. The lowest BCUT2D eigenvalue weighted by Crippen LogP contribution is -1.93. The van der Waals surface area contributed by atoms with Gasteiger partial charge in [0.25, 0.3) is 0 Å². The average molecular weight is 206 g/mol. The fourth-order valence-corrected chi connectivity index (χ4v) is 1.67. The minimum absolute atomic E-state index is 0.454. The lowest BCUT2D eigenvalue weighted by Gasteiger charge is -2.01. The van der Waals surface area contributed by atoms with Crippen molar-refractivity contribution in [2.45, 2.75) is 26.2 Å². The first kappa shape index (κ1) is 9.83. The van der Waals surface area contributed by atoms with Crippen LogP contribution in [-0.4, -0.2) is 4.98 Å². The number of H-pyrrole nitrogens is 1. The molecular formula is C11H14N2O2. The van der Waals surface area contributed by atoms with Crippen molar-refractivity contribution in [1.29, 1.82) is 0 Å². The summed E-state index contributed by atoms with van der Waals surface area (Å²) in [5, 5.41) is 0. The molecule has 0 saturated heterocycles. The van der Waals surface area contributed by atoms with Gasteiger partial charge in [-0.25, -0.2) is 4.79 Å². The lowest BCUT2D eigenvalue weighted by atomic mass is 10.1. The topological polar surface area (TPSA) is 72.0 Å². The van der Waals surface area contributed by atoms with E-state index in [1.54, 1.807) is 0 Å². The van der Waals surface area contributed by atoms with Crippen LogP contribution >= 0.6 is 0 Å². The Kier molecular flexibility index (Phi) is 2.49. The van der Waals surface area contributed by atoms with Crippen molar-refractivity contribution in [3.05, 3.63) is 28.2 Å². The Morgan fingerprint density at radius 2 is 2.27 bits per heavy atom. The molecule has 2 rings (SSSR count). The van der Waals surface area contributed by atoms with Crippen LogP contribution in [0.1, 0.15) is 25.3 Å². The molecule has 0 saturated carbocycles. The molecule has 4 heteroatoms. The first-order chi connectivity index (χ1) is 7.20. The minimum Gasteiger partial charge on any atom is -0.406 e. The Bertz CT molecular complexity index is 525. The number of nitrogens with two attached hydrogens (primary N) is 1. The van der Waals surface area contributed by atoms with E-state index in [1.807, 2.05) is 12.1 Å². The summed E-state index contributed by atoms with van der Waals surface area (Å²) in [6.45, 7) is 2.14. The van der Waals surface area contributed by atoms with Gasteiger partial charge in [-0.3, -0.25) is 4.98 Å². The summed E-state index contributed by atoms with van der Waals surface area (Å²) in [5.41, 5.74) is 8.60. The Hall–Kier alpha value is -1.71. The maximum atomic E-state index is 11.0. The van der Waals surface area contributed by atoms with E-state index in [0.29, 0.717) is 16.8 Å². The quantitative estimate of drug-likeness (QED) is 0.755. The third kappa shape index (κ3) is 1.88. The molecule has 1 aromatic carbocycles. The van der Waals surface area contributed by atoms with Gasteiger partial charge in [-0.2, -0.15) is 0 Å². The highest BCUT2D eigenvalue weighted by Crippen LogP contribution is 2.21. The second-order valence-corrected chi connectivity index (χ2v) is 3.68. The lowest BCUT2D eigenvalue weighted by molar-refractivity contribution is 0.556. The molecule has 0 aliphatic rings. The first-order valence-electron chi connectivity index (χ1n) is 5.12. The Morgan fingerprint density at radius 3 is 3.00 bits per heavy atom. The summed E-state index contributed by atoms with van der Waals surface area (Å²) < 4.78 is 4.92. The van der Waals surface area contributed by atoms with Crippen molar-refractivity contribution in [2.24, 2.45) is 0 Å². The Labute approximate surface area is 87.1 Å². The monoisotopic (exact) mass is 206 g/mol. The molecule has 0 aliphatic carbocycles. The van der Waals surface area contributed by atoms with Gasteiger partial charge in [0, 0.05) is 0 Å². The van der Waals surface area contributed by atoms with Crippen molar-refractivity contribution >= 4 is 16.8 Å². The highest BCUT2D eigenvalue weighted by molar-refractivity contribution is 5.85. The summed E-state index contributed by atoms with van der Waals surface area (Å²) >= 11 is 0. The molecule has 0 atom stereocenters. The number of aromatic amines is 1. The third-order valence-corrected chi connectivity index (χ3v) is 2.43. The van der Waals surface area contributed by atoms with Crippen LogP contribution in [0.25, 0.3) is 11.1 Å². The largest absolute Gasteiger partial charge is 0.417 e. The number of aryl methyl sites for hydroxylation is 1. The van der Waals surface area contributed by atoms with Gasteiger partial charge in [0.1, 0.15) is 0 Å². The summed E-state index contributed by atoms with van der Waals surface area (Å²) in [6.07, 6.45) is 3.23. The van der Waals surface area contributed by atoms with Crippen molar-refractivity contribution in [2.75, 3.05) is 5.73 Å². The molecule has 4 nitrogen and oxygen atoms in total. The first-order valence-corrected chi connectivity index (χ1v) is 5.12. The van der Waals surface area contributed by atoms with E-state index in [9.17, 15) is 4.79 Å². The fourth-order valence-electron chi connectivity index (χ4n) is 1.67. The fraction of sp³-hybridized carbons (Fsp3) is 0.364. The SMILES string of the molecule is CCCCc1cc(N)c2oc(=O)[nH]c2c1. The van der Waals surface area contributed by atoms with E-state index in [4.69, 9.17) is 10.2 Å². The van der Waals surface area contributed by atoms with Crippen LogP contribution in [0.15, 0.2) is 21.3 Å². The van der Waals surface area contributed by atoms with Gasteiger partial charge >= 0.3 is 5.76 Å². The predicted molar refractivity (Wildman–Crippen MR) is 59.9 cm³/mol. The molecule has 0 aliphatic heterocycles. The van der Waals surface area contributed by atoms with E-state index < -0.39 is 5.76 Å². The maximum Gasteiger partial charge on any atom is 0.417 e. The summed E-state index contributed by atoms with van der Waals surface area (Å²) in [5.74, 6) is -0.454. The molecule has 0 amide bonds. The average Bonchev–Trinajstić information content (AvgIpc) is 2.56. The van der Waals surface area contributed by atoms with Gasteiger partial charge in [-0.15, -0.1) is 0 Å². The molecule has 1 heterocycles.